The van der Waals surface area contributed by atoms with Gasteiger partial charge in [-0.15, -0.1) is 0 Å². The molecule has 1 amide bonds. The van der Waals surface area contributed by atoms with Crippen molar-refractivity contribution in [2.45, 2.75) is 19.4 Å². The first-order valence-corrected chi connectivity index (χ1v) is 10.8. The van der Waals surface area contributed by atoms with E-state index in [9.17, 15) is 4.79 Å². The number of nitrogens with one attached hydrogen (secondary N) is 1. The molecule has 0 unspecified atom stereocenters. The van der Waals surface area contributed by atoms with E-state index in [1.807, 2.05) is 18.2 Å². The van der Waals surface area contributed by atoms with Crippen molar-refractivity contribution in [3.05, 3.63) is 53.4 Å². The lowest BCUT2D eigenvalue weighted by atomic mass is 9.95. The van der Waals surface area contributed by atoms with Gasteiger partial charge in [0.1, 0.15) is 11.5 Å². The van der Waals surface area contributed by atoms with Crippen LogP contribution in [0.15, 0.2) is 47.0 Å². The van der Waals surface area contributed by atoms with Crippen molar-refractivity contribution in [3.8, 4) is 22.9 Å². The quantitative estimate of drug-likeness (QED) is 0.568. The van der Waals surface area contributed by atoms with Gasteiger partial charge in [-0.1, -0.05) is 28.9 Å². The van der Waals surface area contributed by atoms with Crippen molar-refractivity contribution in [2.75, 3.05) is 32.6 Å². The Morgan fingerprint density at radius 3 is 2.69 bits per heavy atom. The monoisotopic (exact) mass is 456 g/mol. The number of piperidine rings is 1. The minimum absolute atomic E-state index is 0.0185. The number of amides is 1. The number of hydrogen-bond acceptors (Lipinski definition) is 7. The standard InChI is InChI=1S/C23H25ClN4O4/c1-30-16-7-8-20(31-2)19(13-16)25-23(29)15-9-11-28(12-10-15)14-21-26-22(27-32-21)17-5-3-4-6-18(17)24/h3-8,13,15H,9-12,14H2,1-2H3,(H,25,29). The third kappa shape index (κ3) is 5.03. The molecule has 1 saturated heterocycles. The summed E-state index contributed by atoms with van der Waals surface area (Å²) in [7, 11) is 3.16. The van der Waals surface area contributed by atoms with E-state index in [-0.39, 0.29) is 11.8 Å². The Kier molecular flexibility index (Phi) is 6.92. The molecule has 9 heteroatoms. The summed E-state index contributed by atoms with van der Waals surface area (Å²) in [6, 6.07) is 12.7. The number of hydrogen-bond donors (Lipinski definition) is 1. The van der Waals surface area contributed by atoms with Crippen LogP contribution in [0.2, 0.25) is 5.02 Å². The van der Waals surface area contributed by atoms with Gasteiger partial charge in [-0.2, -0.15) is 4.98 Å². The number of carbonyl (C=O) groups is 1. The first kappa shape index (κ1) is 22.1. The first-order valence-electron chi connectivity index (χ1n) is 10.4. The second-order valence-corrected chi connectivity index (χ2v) is 8.00. The normalized spacial score (nSPS) is 14.8. The Labute approximate surface area is 191 Å². The van der Waals surface area contributed by atoms with Crippen LogP contribution in [0, 0.1) is 5.92 Å². The molecule has 1 aromatic heterocycles. The summed E-state index contributed by atoms with van der Waals surface area (Å²) in [5, 5.41) is 7.61. The number of anilines is 1. The second-order valence-electron chi connectivity index (χ2n) is 7.60. The fraction of sp³-hybridized carbons (Fsp3) is 0.348. The van der Waals surface area contributed by atoms with Crippen LogP contribution in [0.25, 0.3) is 11.4 Å². The van der Waals surface area contributed by atoms with Crippen molar-refractivity contribution in [1.82, 2.24) is 15.0 Å². The van der Waals surface area contributed by atoms with E-state index in [2.05, 4.69) is 20.4 Å². The zero-order chi connectivity index (χ0) is 22.5. The summed E-state index contributed by atoms with van der Waals surface area (Å²) in [6.07, 6.45) is 1.48. The van der Waals surface area contributed by atoms with Crippen LogP contribution in [0.1, 0.15) is 18.7 Å². The summed E-state index contributed by atoms with van der Waals surface area (Å²) in [5.41, 5.74) is 1.35. The zero-order valence-corrected chi connectivity index (χ0v) is 18.8. The molecule has 168 valence electrons. The van der Waals surface area contributed by atoms with Crippen LogP contribution < -0.4 is 14.8 Å². The van der Waals surface area contributed by atoms with Gasteiger partial charge >= 0.3 is 0 Å². The average molecular weight is 457 g/mol. The molecule has 2 heterocycles. The predicted octanol–water partition coefficient (Wildman–Crippen LogP) is 4.26. The molecule has 1 fully saturated rings. The molecule has 0 radical (unpaired) electrons. The Morgan fingerprint density at radius 2 is 1.97 bits per heavy atom. The van der Waals surface area contributed by atoms with E-state index in [0.717, 1.165) is 31.5 Å². The van der Waals surface area contributed by atoms with Crippen molar-refractivity contribution < 1.29 is 18.8 Å². The van der Waals surface area contributed by atoms with Gasteiger partial charge in [0.05, 0.1) is 31.5 Å². The molecule has 2 aromatic carbocycles. The van der Waals surface area contributed by atoms with Crippen LogP contribution in [0.3, 0.4) is 0 Å². The summed E-state index contributed by atoms with van der Waals surface area (Å²) in [4.78, 5) is 19.5. The van der Waals surface area contributed by atoms with Gasteiger partial charge in [0.2, 0.25) is 17.6 Å². The van der Waals surface area contributed by atoms with E-state index in [0.29, 0.717) is 40.5 Å². The molecule has 3 aromatic rings. The SMILES string of the molecule is COc1ccc(OC)c(NC(=O)C2CCN(Cc3nc(-c4ccccc4Cl)no3)CC2)c1. The summed E-state index contributed by atoms with van der Waals surface area (Å²) < 4.78 is 16.0. The first-order chi connectivity index (χ1) is 15.6. The third-order valence-electron chi connectivity index (χ3n) is 5.56. The van der Waals surface area contributed by atoms with Crippen molar-refractivity contribution >= 4 is 23.2 Å². The zero-order valence-electron chi connectivity index (χ0n) is 18.0. The van der Waals surface area contributed by atoms with Crippen LogP contribution >= 0.6 is 11.6 Å². The van der Waals surface area contributed by atoms with Gasteiger partial charge < -0.3 is 19.3 Å². The highest BCUT2D eigenvalue weighted by atomic mass is 35.5. The third-order valence-corrected chi connectivity index (χ3v) is 5.89. The van der Waals surface area contributed by atoms with Gasteiger partial charge in [-0.3, -0.25) is 9.69 Å². The molecule has 32 heavy (non-hydrogen) atoms. The number of methoxy groups -OCH3 is 2. The molecule has 4 rings (SSSR count). The molecule has 0 saturated carbocycles. The van der Waals surface area contributed by atoms with Gasteiger partial charge in [-0.25, -0.2) is 0 Å². The highest BCUT2D eigenvalue weighted by Crippen LogP contribution is 2.30. The van der Waals surface area contributed by atoms with Gasteiger partial charge in [0, 0.05) is 17.5 Å². The maximum absolute atomic E-state index is 12.8. The molecule has 0 atom stereocenters. The molecule has 0 aliphatic carbocycles. The number of rotatable bonds is 7. The molecule has 1 N–H and O–H groups in total. The molecule has 1 aliphatic heterocycles. The second kappa shape index (κ2) is 10.0. The molecule has 8 nitrogen and oxygen atoms in total. The van der Waals surface area contributed by atoms with Gasteiger partial charge in [0.15, 0.2) is 0 Å². The van der Waals surface area contributed by atoms with E-state index >= 15 is 0 Å². The van der Waals surface area contributed by atoms with Gasteiger partial charge in [-0.05, 0) is 50.2 Å². The number of ether oxygens (including phenoxy) is 2. The maximum atomic E-state index is 12.8. The average Bonchev–Trinajstić information content (AvgIpc) is 3.28. The smallest absolute Gasteiger partial charge is 0.241 e. The van der Waals surface area contributed by atoms with E-state index in [1.165, 1.54) is 0 Å². The lowest BCUT2D eigenvalue weighted by molar-refractivity contribution is -0.121. The number of carbonyl (C=O) groups excluding carboxylic acids is 1. The van der Waals surface area contributed by atoms with Gasteiger partial charge in [0.25, 0.3) is 0 Å². The molecular formula is C23H25ClN4O4. The van der Waals surface area contributed by atoms with Crippen molar-refractivity contribution in [1.29, 1.82) is 0 Å². The molecular weight excluding hydrogens is 432 g/mol. The fourth-order valence-corrected chi connectivity index (χ4v) is 3.98. The van der Waals surface area contributed by atoms with E-state index in [4.69, 9.17) is 25.6 Å². The summed E-state index contributed by atoms with van der Waals surface area (Å²) >= 11 is 6.21. The predicted molar refractivity (Wildman–Crippen MR) is 121 cm³/mol. The summed E-state index contributed by atoms with van der Waals surface area (Å²) in [6.45, 7) is 2.06. The Hall–Kier alpha value is -3.10. The lowest BCUT2D eigenvalue weighted by Crippen LogP contribution is -2.37. The summed E-state index contributed by atoms with van der Waals surface area (Å²) in [5.74, 6) is 2.17. The van der Waals surface area contributed by atoms with Crippen LogP contribution in [-0.2, 0) is 11.3 Å². The van der Waals surface area contributed by atoms with E-state index < -0.39 is 0 Å². The van der Waals surface area contributed by atoms with E-state index in [1.54, 1.807) is 38.5 Å². The number of benzene rings is 2. The minimum Gasteiger partial charge on any atom is -0.497 e. The number of aromatic nitrogens is 2. The Morgan fingerprint density at radius 1 is 1.19 bits per heavy atom. The fourth-order valence-electron chi connectivity index (χ4n) is 3.76. The molecule has 0 bridgehead atoms. The highest BCUT2D eigenvalue weighted by Gasteiger charge is 2.27. The van der Waals surface area contributed by atoms with Crippen molar-refractivity contribution in [3.63, 3.8) is 0 Å². The molecule has 0 spiro atoms. The minimum atomic E-state index is -0.0801. The lowest BCUT2D eigenvalue weighted by Gasteiger charge is -2.30. The number of nitrogens with zero attached hydrogens (tertiary/aromatic N) is 3. The molecule has 1 aliphatic rings. The van der Waals surface area contributed by atoms with Crippen LogP contribution in [0.5, 0.6) is 11.5 Å². The van der Waals surface area contributed by atoms with Crippen molar-refractivity contribution in [2.24, 2.45) is 5.92 Å². The van der Waals surface area contributed by atoms with Crippen LogP contribution in [0.4, 0.5) is 5.69 Å². The number of likely N-dealkylation sites (tertiary alicyclic amines) is 1. The number of halogens is 1. The topological polar surface area (TPSA) is 89.7 Å². The Bertz CT molecular complexity index is 1080. The maximum Gasteiger partial charge on any atom is 0.241 e. The Balaban J connectivity index is 1.32. The largest absolute Gasteiger partial charge is 0.497 e. The highest BCUT2D eigenvalue weighted by molar-refractivity contribution is 6.33. The van der Waals surface area contributed by atoms with Crippen LogP contribution in [-0.4, -0.2) is 48.3 Å².